The number of nitrogens with zero attached hydrogens (tertiary/aromatic N) is 2. The Kier molecular flexibility index (Phi) is 6.00. The Labute approximate surface area is 180 Å². The minimum absolute atomic E-state index is 0.724. The fourth-order valence-corrected chi connectivity index (χ4v) is 4.13. The Morgan fingerprint density at radius 3 is 2.48 bits per heavy atom. The van der Waals surface area contributed by atoms with Crippen molar-refractivity contribution < 1.29 is 4.74 Å². The summed E-state index contributed by atoms with van der Waals surface area (Å²) in [5.41, 5.74) is 5.82. The predicted octanol–water partition coefficient (Wildman–Crippen LogP) is 6.94. The van der Waals surface area contributed by atoms with Gasteiger partial charge >= 0.3 is 0 Å². The van der Waals surface area contributed by atoms with E-state index < -0.39 is 0 Å². The normalized spacial score (nSPS) is 11.1. The standard InChI is InChI=1S/C25H25BrN2O/c1-18-14-19(2)16-22(15-18)29-13-6-5-12-28-24-11-4-3-10-23(24)27-25(28)20-8-7-9-21(26)17-20/h3-4,7-11,14-17H,5-6,12-13H2,1-2H3. The second kappa shape index (κ2) is 8.83. The maximum Gasteiger partial charge on any atom is 0.141 e. The van der Waals surface area contributed by atoms with Gasteiger partial charge in [-0.2, -0.15) is 0 Å². The van der Waals surface area contributed by atoms with E-state index in [1.165, 1.54) is 16.6 Å². The van der Waals surface area contributed by atoms with E-state index >= 15 is 0 Å². The number of unbranched alkanes of at least 4 members (excludes halogenated alkanes) is 1. The molecule has 0 spiro atoms. The number of rotatable bonds is 7. The van der Waals surface area contributed by atoms with Crippen LogP contribution in [-0.2, 0) is 6.54 Å². The van der Waals surface area contributed by atoms with Gasteiger partial charge < -0.3 is 9.30 Å². The third-order valence-electron chi connectivity index (χ3n) is 4.98. The number of aromatic nitrogens is 2. The van der Waals surface area contributed by atoms with Gasteiger partial charge in [0.25, 0.3) is 0 Å². The summed E-state index contributed by atoms with van der Waals surface area (Å²) in [4.78, 5) is 4.90. The number of para-hydroxylation sites is 2. The van der Waals surface area contributed by atoms with Crippen LogP contribution in [0, 0.1) is 13.8 Å². The van der Waals surface area contributed by atoms with E-state index in [4.69, 9.17) is 9.72 Å². The van der Waals surface area contributed by atoms with Crippen LogP contribution in [0.15, 0.2) is 71.2 Å². The predicted molar refractivity (Wildman–Crippen MR) is 124 cm³/mol. The number of imidazole rings is 1. The van der Waals surface area contributed by atoms with Crippen LogP contribution in [0.1, 0.15) is 24.0 Å². The quantitative estimate of drug-likeness (QED) is 0.286. The van der Waals surface area contributed by atoms with Crippen LogP contribution in [0.4, 0.5) is 0 Å². The molecular weight excluding hydrogens is 424 g/mol. The number of halogens is 1. The van der Waals surface area contributed by atoms with Crippen LogP contribution in [0.3, 0.4) is 0 Å². The van der Waals surface area contributed by atoms with Crippen molar-refractivity contribution in [2.75, 3.05) is 6.61 Å². The van der Waals surface area contributed by atoms with Gasteiger partial charge in [-0.1, -0.05) is 46.3 Å². The molecule has 0 fully saturated rings. The van der Waals surface area contributed by atoms with Crippen LogP contribution >= 0.6 is 15.9 Å². The third-order valence-corrected chi connectivity index (χ3v) is 5.47. The van der Waals surface area contributed by atoms with Crippen molar-refractivity contribution in [2.45, 2.75) is 33.2 Å². The van der Waals surface area contributed by atoms with E-state index in [9.17, 15) is 0 Å². The Balaban J connectivity index is 1.46. The molecule has 4 heteroatoms. The smallest absolute Gasteiger partial charge is 0.141 e. The molecule has 0 unspecified atom stereocenters. The molecule has 0 saturated carbocycles. The first-order valence-electron chi connectivity index (χ1n) is 10.0. The molecule has 0 atom stereocenters. The number of ether oxygens (including phenoxy) is 1. The summed E-state index contributed by atoms with van der Waals surface area (Å²) in [5, 5.41) is 0. The van der Waals surface area contributed by atoms with Gasteiger partial charge in [-0.05, 0) is 74.2 Å². The van der Waals surface area contributed by atoms with Crippen molar-refractivity contribution in [3.8, 4) is 17.1 Å². The number of fused-ring (bicyclic) bond motifs is 1. The molecule has 1 aromatic heterocycles. The highest BCUT2D eigenvalue weighted by Gasteiger charge is 2.12. The van der Waals surface area contributed by atoms with E-state index in [2.05, 4.69) is 88.9 Å². The summed E-state index contributed by atoms with van der Waals surface area (Å²) >= 11 is 3.58. The summed E-state index contributed by atoms with van der Waals surface area (Å²) in [6.07, 6.45) is 2.03. The molecule has 29 heavy (non-hydrogen) atoms. The molecule has 0 aliphatic rings. The topological polar surface area (TPSA) is 27.1 Å². The van der Waals surface area contributed by atoms with Crippen LogP contribution < -0.4 is 4.74 Å². The molecule has 3 nitrogen and oxygen atoms in total. The molecule has 1 heterocycles. The minimum atomic E-state index is 0.724. The molecule has 0 aliphatic carbocycles. The van der Waals surface area contributed by atoms with Gasteiger partial charge in [-0.15, -0.1) is 0 Å². The maximum absolute atomic E-state index is 5.97. The van der Waals surface area contributed by atoms with Gasteiger partial charge in [0.1, 0.15) is 11.6 Å². The van der Waals surface area contributed by atoms with Crippen molar-refractivity contribution in [1.29, 1.82) is 0 Å². The zero-order chi connectivity index (χ0) is 20.2. The molecule has 148 valence electrons. The van der Waals surface area contributed by atoms with Crippen LogP contribution in [0.25, 0.3) is 22.4 Å². The van der Waals surface area contributed by atoms with E-state index in [0.717, 1.165) is 53.1 Å². The van der Waals surface area contributed by atoms with Gasteiger partial charge in [0.2, 0.25) is 0 Å². The van der Waals surface area contributed by atoms with Crippen molar-refractivity contribution >= 4 is 27.0 Å². The lowest BCUT2D eigenvalue weighted by Gasteiger charge is -2.11. The Morgan fingerprint density at radius 2 is 1.69 bits per heavy atom. The van der Waals surface area contributed by atoms with Crippen molar-refractivity contribution in [2.24, 2.45) is 0 Å². The fourth-order valence-electron chi connectivity index (χ4n) is 3.73. The largest absolute Gasteiger partial charge is 0.494 e. The lowest BCUT2D eigenvalue weighted by atomic mass is 10.1. The average Bonchev–Trinajstić information content (AvgIpc) is 3.06. The van der Waals surface area contributed by atoms with Gasteiger partial charge in [0.15, 0.2) is 0 Å². The van der Waals surface area contributed by atoms with Crippen molar-refractivity contribution in [3.63, 3.8) is 0 Å². The molecule has 0 bridgehead atoms. The molecule has 0 aliphatic heterocycles. The van der Waals surface area contributed by atoms with Crippen molar-refractivity contribution in [3.05, 3.63) is 82.3 Å². The molecule has 0 amide bonds. The zero-order valence-electron chi connectivity index (χ0n) is 16.9. The maximum atomic E-state index is 5.97. The van der Waals surface area contributed by atoms with E-state index in [1.807, 2.05) is 12.1 Å². The molecular formula is C25H25BrN2O. The van der Waals surface area contributed by atoms with Gasteiger partial charge in [-0.25, -0.2) is 4.98 Å². The lowest BCUT2D eigenvalue weighted by molar-refractivity contribution is 0.303. The summed E-state index contributed by atoms with van der Waals surface area (Å²) in [6, 6.07) is 23.1. The van der Waals surface area contributed by atoms with Crippen LogP contribution in [0.5, 0.6) is 5.75 Å². The zero-order valence-corrected chi connectivity index (χ0v) is 18.4. The first-order valence-corrected chi connectivity index (χ1v) is 10.8. The number of aryl methyl sites for hydroxylation is 3. The second-order valence-electron chi connectivity index (χ2n) is 7.47. The van der Waals surface area contributed by atoms with Gasteiger partial charge in [-0.3, -0.25) is 0 Å². The molecule has 0 N–H and O–H groups in total. The molecule has 3 aromatic carbocycles. The number of hydrogen-bond donors (Lipinski definition) is 0. The third kappa shape index (κ3) is 4.70. The van der Waals surface area contributed by atoms with E-state index in [-0.39, 0.29) is 0 Å². The van der Waals surface area contributed by atoms with Crippen LogP contribution in [-0.4, -0.2) is 16.2 Å². The average molecular weight is 449 g/mol. The number of benzene rings is 3. The Hall–Kier alpha value is -2.59. The molecule has 4 aromatic rings. The first kappa shape index (κ1) is 19.7. The summed E-state index contributed by atoms with van der Waals surface area (Å²) in [6.45, 7) is 5.85. The highest BCUT2D eigenvalue weighted by atomic mass is 79.9. The minimum Gasteiger partial charge on any atom is -0.494 e. The van der Waals surface area contributed by atoms with Gasteiger partial charge in [0, 0.05) is 16.6 Å². The van der Waals surface area contributed by atoms with E-state index in [1.54, 1.807) is 0 Å². The molecule has 4 rings (SSSR count). The van der Waals surface area contributed by atoms with Crippen LogP contribution in [0.2, 0.25) is 0 Å². The SMILES string of the molecule is Cc1cc(C)cc(OCCCCn2c(-c3cccc(Br)c3)nc3ccccc32)c1. The molecule has 0 saturated heterocycles. The summed E-state index contributed by atoms with van der Waals surface area (Å²) in [7, 11) is 0. The van der Waals surface area contributed by atoms with Gasteiger partial charge in [0.05, 0.1) is 17.6 Å². The molecule has 0 radical (unpaired) electrons. The second-order valence-corrected chi connectivity index (χ2v) is 8.38. The highest BCUT2D eigenvalue weighted by Crippen LogP contribution is 2.27. The lowest BCUT2D eigenvalue weighted by Crippen LogP contribution is -2.04. The monoisotopic (exact) mass is 448 g/mol. The Morgan fingerprint density at radius 1 is 0.897 bits per heavy atom. The Bertz CT molecular complexity index is 1110. The van der Waals surface area contributed by atoms with E-state index in [0.29, 0.717) is 0 Å². The number of hydrogen-bond acceptors (Lipinski definition) is 2. The summed E-state index contributed by atoms with van der Waals surface area (Å²) < 4.78 is 9.37. The fraction of sp³-hybridized carbons (Fsp3) is 0.240. The summed E-state index contributed by atoms with van der Waals surface area (Å²) in [5.74, 6) is 1.98. The van der Waals surface area contributed by atoms with Crippen molar-refractivity contribution in [1.82, 2.24) is 9.55 Å². The highest BCUT2D eigenvalue weighted by molar-refractivity contribution is 9.10. The first-order chi connectivity index (χ1) is 14.1.